The molecule has 3 rings (SSSR count). The van der Waals surface area contributed by atoms with Crippen LogP contribution in [0.5, 0.6) is 0 Å². The lowest BCUT2D eigenvalue weighted by atomic mass is 10.1. The van der Waals surface area contributed by atoms with Gasteiger partial charge in [0.15, 0.2) is 0 Å². The molecule has 0 spiro atoms. The highest BCUT2D eigenvalue weighted by Gasteiger charge is 2.30. The highest BCUT2D eigenvalue weighted by molar-refractivity contribution is 6.30. The lowest BCUT2D eigenvalue weighted by Gasteiger charge is -2.28. The first-order valence-corrected chi connectivity index (χ1v) is 10.1. The number of rotatable bonds is 7. The average molecular weight is 452 g/mol. The molecule has 0 aliphatic carbocycles. The maximum atomic E-state index is 13.0. The van der Waals surface area contributed by atoms with Crippen molar-refractivity contribution in [1.29, 1.82) is 0 Å². The Bertz CT molecular complexity index is 1020. The molecular weight excluding hydrogens is 431 g/mol. The highest BCUT2D eigenvalue weighted by Crippen LogP contribution is 2.29. The quantitative estimate of drug-likeness (QED) is 0.449. The summed E-state index contributed by atoms with van der Waals surface area (Å²) in [7, 11) is 0. The predicted molar refractivity (Wildman–Crippen MR) is 111 cm³/mol. The molecule has 5 nitrogen and oxygen atoms in total. The monoisotopic (exact) mass is 451 g/mol. The van der Waals surface area contributed by atoms with Crippen molar-refractivity contribution in [2.24, 2.45) is 0 Å². The summed E-state index contributed by atoms with van der Waals surface area (Å²) in [5.74, 6) is 0.426. The van der Waals surface area contributed by atoms with Crippen LogP contribution in [0.15, 0.2) is 53.1 Å². The van der Waals surface area contributed by atoms with E-state index in [1.807, 2.05) is 13.8 Å². The van der Waals surface area contributed by atoms with Crippen molar-refractivity contribution < 1.29 is 22.5 Å². The molecule has 0 saturated heterocycles. The van der Waals surface area contributed by atoms with Gasteiger partial charge in [-0.1, -0.05) is 23.7 Å². The van der Waals surface area contributed by atoms with E-state index in [4.69, 9.17) is 16.1 Å². The maximum absolute atomic E-state index is 13.0. The first kappa shape index (κ1) is 22.8. The number of hydrogen-bond acceptors (Lipinski definition) is 4. The Morgan fingerprint density at radius 2 is 1.77 bits per heavy atom. The first-order chi connectivity index (χ1) is 14.7. The lowest BCUT2D eigenvalue weighted by molar-refractivity contribution is -0.137. The first-order valence-electron chi connectivity index (χ1n) is 9.75. The van der Waals surface area contributed by atoms with Crippen LogP contribution >= 0.6 is 11.6 Å². The molecular formula is C22H21ClF3N3O2. The zero-order valence-electron chi connectivity index (χ0n) is 17.0. The van der Waals surface area contributed by atoms with Crippen LogP contribution < -0.4 is 0 Å². The van der Waals surface area contributed by atoms with Gasteiger partial charge in [-0.2, -0.15) is 18.2 Å². The van der Waals surface area contributed by atoms with E-state index in [9.17, 15) is 18.0 Å². The number of halogens is 4. The van der Waals surface area contributed by atoms with Crippen LogP contribution in [0.2, 0.25) is 5.02 Å². The van der Waals surface area contributed by atoms with Crippen molar-refractivity contribution in [3.63, 3.8) is 0 Å². The molecule has 9 heteroatoms. The second-order valence-corrected chi connectivity index (χ2v) is 7.54. The Labute approximate surface area is 182 Å². The number of aromatic nitrogens is 2. The van der Waals surface area contributed by atoms with Crippen LogP contribution in [-0.2, 0) is 12.6 Å². The largest absolute Gasteiger partial charge is 0.416 e. The Morgan fingerprint density at radius 1 is 1.13 bits per heavy atom. The minimum atomic E-state index is -4.45. The molecule has 1 aromatic heterocycles. The molecule has 2 aromatic carbocycles. The molecule has 0 fully saturated rings. The normalized spacial score (nSPS) is 12.6. The molecule has 31 heavy (non-hydrogen) atoms. The van der Waals surface area contributed by atoms with E-state index in [1.165, 1.54) is 12.1 Å². The Kier molecular flexibility index (Phi) is 7.00. The van der Waals surface area contributed by atoms with Crippen LogP contribution in [0, 0.1) is 0 Å². The molecule has 0 N–H and O–H groups in total. The van der Waals surface area contributed by atoms with Crippen LogP contribution in [0.25, 0.3) is 11.4 Å². The van der Waals surface area contributed by atoms with Crippen molar-refractivity contribution in [3.8, 4) is 11.4 Å². The molecule has 0 radical (unpaired) electrons. The van der Waals surface area contributed by atoms with E-state index in [1.54, 1.807) is 29.2 Å². The van der Waals surface area contributed by atoms with Gasteiger partial charge in [0, 0.05) is 35.2 Å². The third-order valence-electron chi connectivity index (χ3n) is 4.98. The molecule has 0 aliphatic heterocycles. The van der Waals surface area contributed by atoms with Crippen molar-refractivity contribution in [2.45, 2.75) is 38.9 Å². The van der Waals surface area contributed by atoms with Gasteiger partial charge in [-0.25, -0.2) is 0 Å². The highest BCUT2D eigenvalue weighted by atomic mass is 35.5. The predicted octanol–water partition coefficient (Wildman–Crippen LogP) is 5.89. The fraction of sp³-hybridized carbons (Fsp3) is 0.318. The van der Waals surface area contributed by atoms with E-state index in [0.717, 1.165) is 17.7 Å². The molecule has 1 heterocycles. The van der Waals surface area contributed by atoms with E-state index >= 15 is 0 Å². The zero-order chi connectivity index (χ0) is 22.6. The number of benzene rings is 2. The van der Waals surface area contributed by atoms with E-state index < -0.39 is 11.7 Å². The Hall–Kier alpha value is -2.87. The summed E-state index contributed by atoms with van der Waals surface area (Å²) < 4.78 is 43.7. The van der Waals surface area contributed by atoms with Crippen molar-refractivity contribution in [1.82, 2.24) is 15.0 Å². The average Bonchev–Trinajstić information content (AvgIpc) is 3.22. The number of amides is 1. The SMILES string of the molecule is CCC(C)N(CCc1nc(-c2ccc(Cl)cc2)no1)C(=O)c1ccc(C(F)(F)F)cc1. The number of alkyl halides is 3. The minimum Gasteiger partial charge on any atom is -0.339 e. The molecule has 3 aromatic rings. The second-order valence-electron chi connectivity index (χ2n) is 7.10. The van der Waals surface area contributed by atoms with Crippen LogP contribution in [0.1, 0.15) is 42.1 Å². The molecule has 0 aliphatic rings. The maximum Gasteiger partial charge on any atom is 0.416 e. The van der Waals surface area contributed by atoms with Gasteiger partial charge < -0.3 is 9.42 Å². The van der Waals surface area contributed by atoms with Crippen molar-refractivity contribution in [2.75, 3.05) is 6.54 Å². The molecule has 0 saturated carbocycles. The van der Waals surface area contributed by atoms with Gasteiger partial charge in [0.25, 0.3) is 5.91 Å². The summed E-state index contributed by atoms with van der Waals surface area (Å²) in [6.07, 6.45) is -3.44. The van der Waals surface area contributed by atoms with Gasteiger partial charge in [0.05, 0.1) is 5.56 Å². The number of carbonyl (C=O) groups excluding carboxylic acids is 1. The molecule has 164 valence electrons. The summed E-state index contributed by atoms with van der Waals surface area (Å²) in [5, 5.41) is 4.55. The molecule has 1 amide bonds. The molecule has 0 bridgehead atoms. The standard InChI is InChI=1S/C22H21ClF3N3O2/c1-3-14(2)29(21(30)16-4-8-17(9-5-16)22(24,25)26)13-12-19-27-20(28-31-19)15-6-10-18(23)11-7-15/h4-11,14H,3,12-13H2,1-2H3. The van der Waals surface area contributed by atoms with Gasteiger partial charge in [0.1, 0.15) is 0 Å². The lowest BCUT2D eigenvalue weighted by Crippen LogP contribution is -2.39. The van der Waals surface area contributed by atoms with Gasteiger partial charge in [-0.3, -0.25) is 4.79 Å². The van der Waals surface area contributed by atoms with Crippen LogP contribution in [0.3, 0.4) is 0 Å². The van der Waals surface area contributed by atoms with Crippen LogP contribution in [0.4, 0.5) is 13.2 Å². The summed E-state index contributed by atoms with van der Waals surface area (Å²) in [5.41, 5.74) is 0.152. The third kappa shape index (κ3) is 5.64. The Balaban J connectivity index is 1.72. The fourth-order valence-corrected chi connectivity index (χ4v) is 3.12. The number of hydrogen-bond donors (Lipinski definition) is 0. The smallest absolute Gasteiger partial charge is 0.339 e. The fourth-order valence-electron chi connectivity index (χ4n) is 3.00. The minimum absolute atomic E-state index is 0.117. The third-order valence-corrected chi connectivity index (χ3v) is 5.23. The Morgan fingerprint density at radius 3 is 2.35 bits per heavy atom. The van der Waals surface area contributed by atoms with E-state index in [0.29, 0.717) is 29.6 Å². The number of nitrogens with zero attached hydrogens (tertiary/aromatic N) is 3. The summed E-state index contributed by atoms with van der Waals surface area (Å²) in [4.78, 5) is 18.9. The topological polar surface area (TPSA) is 59.2 Å². The van der Waals surface area contributed by atoms with Crippen molar-refractivity contribution in [3.05, 3.63) is 70.6 Å². The summed E-state index contributed by atoms with van der Waals surface area (Å²) in [6.45, 7) is 4.11. The zero-order valence-corrected chi connectivity index (χ0v) is 17.7. The second kappa shape index (κ2) is 9.51. The van der Waals surface area contributed by atoms with Gasteiger partial charge in [-0.15, -0.1) is 0 Å². The molecule has 1 atom stereocenters. The molecule has 1 unspecified atom stereocenters. The number of carbonyl (C=O) groups is 1. The van der Waals surface area contributed by atoms with Gasteiger partial charge in [-0.05, 0) is 61.9 Å². The van der Waals surface area contributed by atoms with Gasteiger partial charge in [0.2, 0.25) is 11.7 Å². The van der Waals surface area contributed by atoms with E-state index in [2.05, 4.69) is 10.1 Å². The van der Waals surface area contributed by atoms with Gasteiger partial charge >= 0.3 is 6.18 Å². The van der Waals surface area contributed by atoms with Crippen LogP contribution in [-0.4, -0.2) is 33.5 Å². The van der Waals surface area contributed by atoms with E-state index in [-0.39, 0.29) is 24.1 Å². The summed E-state index contributed by atoms with van der Waals surface area (Å²) >= 11 is 5.89. The van der Waals surface area contributed by atoms with Crippen molar-refractivity contribution >= 4 is 17.5 Å². The summed E-state index contributed by atoms with van der Waals surface area (Å²) in [6, 6.07) is 11.1.